The number of hydrazone groups is 1. The zero-order chi connectivity index (χ0) is 9.64. The van der Waals surface area contributed by atoms with Gasteiger partial charge < -0.3 is 0 Å². The minimum atomic E-state index is 1.05. The summed E-state index contributed by atoms with van der Waals surface area (Å²) in [5, 5.41) is 7.19. The highest BCUT2D eigenvalue weighted by molar-refractivity contribution is 7.14. The van der Waals surface area contributed by atoms with Gasteiger partial charge in [-0.3, -0.25) is 5.43 Å². The van der Waals surface area contributed by atoms with Gasteiger partial charge in [0.15, 0.2) is 0 Å². The average Bonchev–Trinajstić information content (AvgIpc) is 2.72. The number of hydrogen-bond acceptors (Lipinski definition) is 3. The normalized spacial score (nSPS) is 10.6. The van der Waals surface area contributed by atoms with Gasteiger partial charge in [-0.2, -0.15) is 5.10 Å². The van der Waals surface area contributed by atoms with Crippen molar-refractivity contribution in [2.45, 2.75) is 0 Å². The Hall–Kier alpha value is -1.61. The Morgan fingerprint density at radius 3 is 2.64 bits per heavy atom. The summed E-state index contributed by atoms with van der Waals surface area (Å²) in [6.45, 7) is 0. The maximum Gasteiger partial charge on any atom is 0.109 e. The van der Waals surface area contributed by atoms with E-state index in [1.165, 1.54) is 0 Å². The minimum absolute atomic E-state index is 1.05. The highest BCUT2D eigenvalue weighted by Crippen LogP contribution is 2.14. The van der Waals surface area contributed by atoms with E-state index in [1.807, 2.05) is 47.8 Å². The molecule has 2 aromatic rings. The van der Waals surface area contributed by atoms with E-state index in [4.69, 9.17) is 0 Å². The van der Waals surface area contributed by atoms with Gasteiger partial charge in [0.1, 0.15) is 5.00 Å². The fourth-order valence-corrected chi connectivity index (χ4v) is 1.62. The van der Waals surface area contributed by atoms with E-state index in [0.29, 0.717) is 0 Å². The van der Waals surface area contributed by atoms with Gasteiger partial charge >= 0.3 is 0 Å². The molecule has 2 rings (SSSR count). The first kappa shape index (κ1) is 8.97. The Morgan fingerprint density at radius 2 is 1.93 bits per heavy atom. The van der Waals surface area contributed by atoms with Crippen LogP contribution in [0.15, 0.2) is 52.9 Å². The lowest BCUT2D eigenvalue weighted by molar-refractivity contribution is 1.38. The van der Waals surface area contributed by atoms with Gasteiger partial charge in [0.25, 0.3) is 0 Å². The van der Waals surface area contributed by atoms with Crippen LogP contribution in [-0.2, 0) is 0 Å². The summed E-state index contributed by atoms with van der Waals surface area (Å²) >= 11 is 1.63. The van der Waals surface area contributed by atoms with Crippen LogP contribution in [0.2, 0.25) is 0 Å². The zero-order valence-electron chi connectivity index (χ0n) is 7.55. The van der Waals surface area contributed by atoms with Crippen LogP contribution in [0.25, 0.3) is 0 Å². The molecule has 3 heteroatoms. The number of nitrogens with one attached hydrogen (secondary N) is 1. The first-order valence-corrected chi connectivity index (χ1v) is 5.21. The van der Waals surface area contributed by atoms with Gasteiger partial charge in [0, 0.05) is 0 Å². The molecule has 14 heavy (non-hydrogen) atoms. The van der Waals surface area contributed by atoms with Gasteiger partial charge in [-0.1, -0.05) is 30.3 Å². The second kappa shape index (κ2) is 4.58. The first-order valence-electron chi connectivity index (χ1n) is 4.33. The number of thiophene rings is 1. The van der Waals surface area contributed by atoms with Gasteiger partial charge in [-0.15, -0.1) is 11.3 Å². The molecule has 0 saturated carbocycles. The molecule has 0 aliphatic heterocycles. The summed E-state index contributed by atoms with van der Waals surface area (Å²) in [6, 6.07) is 14.0. The summed E-state index contributed by atoms with van der Waals surface area (Å²) in [6.07, 6.45) is 1.81. The molecule has 1 aromatic heterocycles. The Balaban J connectivity index is 1.96. The summed E-state index contributed by atoms with van der Waals surface area (Å²) in [5.74, 6) is 0. The predicted octanol–water partition coefficient (Wildman–Crippen LogP) is 3.19. The minimum Gasteiger partial charge on any atom is -0.269 e. The fourth-order valence-electron chi connectivity index (χ4n) is 1.05. The van der Waals surface area contributed by atoms with Crippen LogP contribution in [0.3, 0.4) is 0 Å². The van der Waals surface area contributed by atoms with Crippen LogP contribution >= 0.6 is 11.3 Å². The van der Waals surface area contributed by atoms with Crippen molar-refractivity contribution in [1.29, 1.82) is 0 Å². The fraction of sp³-hybridized carbons (Fsp3) is 0. The number of anilines is 1. The molecule has 0 bridgehead atoms. The van der Waals surface area contributed by atoms with Crippen molar-refractivity contribution in [3.05, 3.63) is 53.4 Å². The van der Waals surface area contributed by atoms with Gasteiger partial charge in [-0.05, 0) is 23.1 Å². The van der Waals surface area contributed by atoms with Crippen molar-refractivity contribution >= 4 is 22.6 Å². The van der Waals surface area contributed by atoms with Gasteiger partial charge in [0.2, 0.25) is 0 Å². The Bertz CT molecular complexity index is 392. The molecule has 0 saturated heterocycles. The van der Waals surface area contributed by atoms with E-state index < -0.39 is 0 Å². The van der Waals surface area contributed by atoms with Crippen LogP contribution in [-0.4, -0.2) is 6.21 Å². The van der Waals surface area contributed by atoms with Crippen molar-refractivity contribution in [3.63, 3.8) is 0 Å². The summed E-state index contributed by atoms with van der Waals surface area (Å²) in [7, 11) is 0. The maximum atomic E-state index is 4.12. The standard InChI is InChI=1S/C11H10N2S/c1-2-5-10(6-3-1)9-12-13-11-7-4-8-14-11/h1-9,13H. The lowest BCUT2D eigenvalue weighted by Gasteiger charge is -1.93. The molecule has 0 aliphatic rings. The number of nitrogens with zero attached hydrogens (tertiary/aromatic N) is 1. The molecular weight excluding hydrogens is 192 g/mol. The molecule has 70 valence electrons. The van der Waals surface area contributed by atoms with Crippen molar-refractivity contribution in [3.8, 4) is 0 Å². The van der Waals surface area contributed by atoms with Crippen molar-refractivity contribution in [2.75, 3.05) is 5.43 Å². The monoisotopic (exact) mass is 202 g/mol. The molecule has 0 unspecified atom stereocenters. The molecule has 2 nitrogen and oxygen atoms in total. The third kappa shape index (κ3) is 2.44. The second-order valence-corrected chi connectivity index (χ2v) is 3.71. The molecule has 1 heterocycles. The van der Waals surface area contributed by atoms with Crippen molar-refractivity contribution in [2.24, 2.45) is 5.10 Å². The van der Waals surface area contributed by atoms with E-state index >= 15 is 0 Å². The summed E-state index contributed by atoms with van der Waals surface area (Å²) in [4.78, 5) is 0. The molecule has 1 aromatic carbocycles. The summed E-state index contributed by atoms with van der Waals surface area (Å²) in [5.41, 5.74) is 4.06. The topological polar surface area (TPSA) is 24.4 Å². The molecule has 0 amide bonds. The Labute approximate surface area is 86.9 Å². The molecule has 0 fully saturated rings. The van der Waals surface area contributed by atoms with Crippen molar-refractivity contribution in [1.82, 2.24) is 0 Å². The van der Waals surface area contributed by atoms with Crippen molar-refractivity contribution < 1.29 is 0 Å². The van der Waals surface area contributed by atoms with Crippen LogP contribution in [0.5, 0.6) is 0 Å². The van der Waals surface area contributed by atoms with Gasteiger partial charge in [-0.25, -0.2) is 0 Å². The van der Waals surface area contributed by atoms with E-state index in [1.54, 1.807) is 17.6 Å². The quantitative estimate of drug-likeness (QED) is 0.600. The maximum absolute atomic E-state index is 4.12. The highest BCUT2D eigenvalue weighted by Gasteiger charge is 1.87. The molecule has 0 spiro atoms. The van der Waals surface area contributed by atoms with E-state index in [9.17, 15) is 0 Å². The predicted molar refractivity (Wildman–Crippen MR) is 62.0 cm³/mol. The van der Waals surface area contributed by atoms with E-state index in [2.05, 4.69) is 10.5 Å². The summed E-state index contributed by atoms with van der Waals surface area (Å²) < 4.78 is 0. The number of benzene rings is 1. The van der Waals surface area contributed by atoms with Crippen LogP contribution in [0.1, 0.15) is 5.56 Å². The zero-order valence-corrected chi connectivity index (χ0v) is 8.37. The largest absolute Gasteiger partial charge is 0.269 e. The van der Waals surface area contributed by atoms with Gasteiger partial charge in [0.05, 0.1) is 6.21 Å². The SMILES string of the molecule is C(=NNc1cccs1)c1ccccc1. The highest BCUT2D eigenvalue weighted by atomic mass is 32.1. The van der Waals surface area contributed by atoms with E-state index in [-0.39, 0.29) is 0 Å². The number of hydrogen-bond donors (Lipinski definition) is 1. The molecule has 1 N–H and O–H groups in total. The lowest BCUT2D eigenvalue weighted by atomic mass is 10.2. The molecule has 0 atom stereocenters. The van der Waals surface area contributed by atoms with E-state index in [0.717, 1.165) is 10.6 Å². The van der Waals surface area contributed by atoms with Crippen LogP contribution in [0, 0.1) is 0 Å². The molecular formula is C11H10N2S. The molecule has 0 radical (unpaired) electrons. The first-order chi connectivity index (χ1) is 6.95. The smallest absolute Gasteiger partial charge is 0.109 e. The third-order valence-corrected chi connectivity index (χ3v) is 2.48. The average molecular weight is 202 g/mol. The van der Waals surface area contributed by atoms with Crippen LogP contribution < -0.4 is 5.43 Å². The Kier molecular flexibility index (Phi) is 2.93. The third-order valence-electron chi connectivity index (χ3n) is 1.71. The molecule has 0 aliphatic carbocycles. The lowest BCUT2D eigenvalue weighted by Crippen LogP contribution is -1.87. The Morgan fingerprint density at radius 1 is 1.07 bits per heavy atom. The number of rotatable bonds is 3. The van der Waals surface area contributed by atoms with Crippen LogP contribution in [0.4, 0.5) is 5.00 Å². The second-order valence-electron chi connectivity index (χ2n) is 2.76.